The van der Waals surface area contributed by atoms with Crippen molar-refractivity contribution in [3.8, 4) is 16.9 Å². The lowest BCUT2D eigenvalue weighted by molar-refractivity contribution is -0.150. The fourth-order valence-electron chi connectivity index (χ4n) is 4.88. The third kappa shape index (κ3) is 2.88. The molecule has 136 valence electrons. The summed E-state index contributed by atoms with van der Waals surface area (Å²) in [5.74, 6) is 0.276. The summed E-state index contributed by atoms with van der Waals surface area (Å²) in [6, 6.07) is 16.5. The Morgan fingerprint density at radius 2 is 1.88 bits per heavy atom. The number of rotatable bonds is 3. The molecule has 26 heavy (non-hydrogen) atoms. The lowest BCUT2D eigenvalue weighted by Crippen LogP contribution is -2.49. The Kier molecular flexibility index (Phi) is 4.45. The number of phenols is 1. The van der Waals surface area contributed by atoms with Gasteiger partial charge in [0, 0.05) is 18.0 Å². The molecule has 2 aromatic rings. The van der Waals surface area contributed by atoms with Crippen LogP contribution in [-0.4, -0.2) is 42.2 Å². The topological polar surface area (TPSA) is 49.8 Å². The van der Waals surface area contributed by atoms with E-state index in [0.29, 0.717) is 6.04 Å². The third-order valence-corrected chi connectivity index (χ3v) is 6.26. The van der Waals surface area contributed by atoms with Crippen molar-refractivity contribution in [3.05, 3.63) is 54.1 Å². The van der Waals surface area contributed by atoms with E-state index >= 15 is 0 Å². The third-order valence-electron chi connectivity index (χ3n) is 6.26. The predicted molar refractivity (Wildman–Crippen MR) is 101 cm³/mol. The molecule has 2 fully saturated rings. The summed E-state index contributed by atoms with van der Waals surface area (Å²) in [4.78, 5) is 14.9. The first kappa shape index (κ1) is 17.1. The van der Waals surface area contributed by atoms with Crippen LogP contribution in [0.15, 0.2) is 48.5 Å². The van der Waals surface area contributed by atoms with Gasteiger partial charge in [0.2, 0.25) is 0 Å². The van der Waals surface area contributed by atoms with E-state index in [1.807, 2.05) is 12.1 Å². The molecule has 0 amide bonds. The van der Waals surface area contributed by atoms with Crippen LogP contribution in [0, 0.1) is 5.92 Å². The molecule has 0 saturated carbocycles. The van der Waals surface area contributed by atoms with E-state index in [0.717, 1.165) is 30.4 Å². The Morgan fingerprint density at radius 3 is 2.58 bits per heavy atom. The summed E-state index contributed by atoms with van der Waals surface area (Å²) >= 11 is 0. The zero-order valence-corrected chi connectivity index (χ0v) is 15.3. The largest absolute Gasteiger partial charge is 0.508 e. The second-order valence-corrected chi connectivity index (χ2v) is 7.53. The Bertz CT molecular complexity index is 801. The number of carbonyl (C=O) groups is 1. The molecule has 2 saturated heterocycles. The number of ether oxygens (including phenoxy) is 1. The summed E-state index contributed by atoms with van der Waals surface area (Å²) in [5.41, 5.74) is 3.26. The number of aromatic hydroxyl groups is 1. The SMILES string of the molecule is COC(=O)[C@H]1[C@@H](c2ccc(-c3cccc(O)c3)cc2)C[C@H]2CC[C@H]1N2C. The normalized spacial score (nSPS) is 28.1. The minimum Gasteiger partial charge on any atom is -0.508 e. The molecule has 0 spiro atoms. The summed E-state index contributed by atoms with van der Waals surface area (Å²) in [6.07, 6.45) is 3.23. The van der Waals surface area contributed by atoms with E-state index in [9.17, 15) is 9.90 Å². The molecule has 2 aliphatic heterocycles. The molecule has 2 aliphatic rings. The van der Waals surface area contributed by atoms with Crippen LogP contribution >= 0.6 is 0 Å². The van der Waals surface area contributed by atoms with Gasteiger partial charge in [-0.2, -0.15) is 0 Å². The number of phenolic OH excluding ortho intramolecular Hbond substituents is 1. The van der Waals surface area contributed by atoms with Gasteiger partial charge in [-0.25, -0.2) is 0 Å². The smallest absolute Gasteiger partial charge is 0.310 e. The maximum absolute atomic E-state index is 12.5. The summed E-state index contributed by atoms with van der Waals surface area (Å²) in [5, 5.41) is 9.69. The van der Waals surface area contributed by atoms with Crippen LogP contribution in [0.1, 0.15) is 30.7 Å². The van der Waals surface area contributed by atoms with Gasteiger partial charge in [0.05, 0.1) is 13.0 Å². The van der Waals surface area contributed by atoms with Crippen LogP contribution in [-0.2, 0) is 9.53 Å². The fourth-order valence-corrected chi connectivity index (χ4v) is 4.88. The summed E-state index contributed by atoms with van der Waals surface area (Å²) in [6.45, 7) is 0. The Hall–Kier alpha value is -2.33. The van der Waals surface area contributed by atoms with Crippen molar-refractivity contribution in [2.24, 2.45) is 5.92 Å². The molecular formula is C22H25NO3. The number of hydrogen-bond donors (Lipinski definition) is 1. The van der Waals surface area contributed by atoms with Gasteiger partial charge >= 0.3 is 5.97 Å². The molecule has 4 atom stereocenters. The first-order chi connectivity index (χ1) is 12.6. The molecule has 2 aromatic carbocycles. The highest BCUT2D eigenvalue weighted by Crippen LogP contribution is 2.46. The van der Waals surface area contributed by atoms with Crippen molar-refractivity contribution in [1.82, 2.24) is 4.90 Å². The maximum Gasteiger partial charge on any atom is 0.310 e. The zero-order valence-electron chi connectivity index (χ0n) is 15.3. The predicted octanol–water partition coefficient (Wildman–Crippen LogP) is 3.80. The lowest BCUT2D eigenvalue weighted by atomic mass is 9.76. The molecule has 4 nitrogen and oxygen atoms in total. The van der Waals surface area contributed by atoms with Gasteiger partial charge in [-0.15, -0.1) is 0 Å². The van der Waals surface area contributed by atoms with Crippen LogP contribution < -0.4 is 0 Å². The number of nitrogens with zero attached hydrogens (tertiary/aromatic N) is 1. The summed E-state index contributed by atoms with van der Waals surface area (Å²) in [7, 11) is 3.63. The Labute approximate surface area is 154 Å². The Balaban J connectivity index is 1.64. The Morgan fingerprint density at radius 1 is 1.12 bits per heavy atom. The molecule has 0 radical (unpaired) electrons. The van der Waals surface area contributed by atoms with E-state index in [-0.39, 0.29) is 29.6 Å². The maximum atomic E-state index is 12.5. The van der Waals surface area contributed by atoms with E-state index in [1.54, 1.807) is 12.1 Å². The highest BCUT2D eigenvalue weighted by molar-refractivity contribution is 5.75. The fraction of sp³-hybridized carbons (Fsp3) is 0.409. The molecule has 4 rings (SSSR count). The quantitative estimate of drug-likeness (QED) is 0.855. The van der Waals surface area contributed by atoms with Crippen LogP contribution in [0.4, 0.5) is 0 Å². The van der Waals surface area contributed by atoms with Gasteiger partial charge in [0.1, 0.15) is 5.75 Å². The first-order valence-electron chi connectivity index (χ1n) is 9.27. The molecule has 0 unspecified atom stereocenters. The second-order valence-electron chi connectivity index (χ2n) is 7.53. The number of hydrogen-bond acceptors (Lipinski definition) is 4. The molecule has 1 N–H and O–H groups in total. The average Bonchev–Trinajstić information content (AvgIpc) is 2.90. The van der Waals surface area contributed by atoms with Crippen molar-refractivity contribution < 1.29 is 14.6 Å². The van der Waals surface area contributed by atoms with Gasteiger partial charge in [-0.05, 0) is 55.1 Å². The first-order valence-corrected chi connectivity index (χ1v) is 9.27. The number of piperidine rings is 1. The van der Waals surface area contributed by atoms with Crippen molar-refractivity contribution in [2.45, 2.75) is 37.3 Å². The highest BCUT2D eigenvalue weighted by atomic mass is 16.5. The van der Waals surface area contributed by atoms with Crippen molar-refractivity contribution in [2.75, 3.05) is 14.2 Å². The van der Waals surface area contributed by atoms with Crippen LogP contribution in [0.5, 0.6) is 5.75 Å². The molecular weight excluding hydrogens is 326 g/mol. The number of carbonyl (C=O) groups excluding carboxylic acids is 1. The van der Waals surface area contributed by atoms with E-state index < -0.39 is 0 Å². The highest BCUT2D eigenvalue weighted by Gasteiger charge is 2.49. The minimum atomic E-state index is -0.102. The summed E-state index contributed by atoms with van der Waals surface area (Å²) < 4.78 is 5.15. The number of fused-ring (bicyclic) bond motifs is 2. The second kappa shape index (κ2) is 6.76. The van der Waals surface area contributed by atoms with Gasteiger partial charge in [-0.3, -0.25) is 9.69 Å². The van der Waals surface area contributed by atoms with Crippen LogP contribution in [0.25, 0.3) is 11.1 Å². The van der Waals surface area contributed by atoms with E-state index in [2.05, 4.69) is 36.2 Å². The molecule has 2 bridgehead atoms. The number of benzene rings is 2. The van der Waals surface area contributed by atoms with E-state index in [4.69, 9.17) is 4.74 Å². The van der Waals surface area contributed by atoms with Crippen molar-refractivity contribution in [1.29, 1.82) is 0 Å². The van der Waals surface area contributed by atoms with Crippen LogP contribution in [0.3, 0.4) is 0 Å². The van der Waals surface area contributed by atoms with Crippen molar-refractivity contribution >= 4 is 5.97 Å². The number of methoxy groups -OCH3 is 1. The molecule has 0 aromatic heterocycles. The minimum absolute atomic E-state index is 0.0933. The van der Waals surface area contributed by atoms with Crippen molar-refractivity contribution in [3.63, 3.8) is 0 Å². The number of esters is 1. The van der Waals surface area contributed by atoms with Gasteiger partial charge < -0.3 is 9.84 Å². The molecule has 4 heteroatoms. The lowest BCUT2D eigenvalue weighted by Gasteiger charge is -2.41. The standard InChI is InChI=1S/C22H25NO3/c1-23-17-10-11-20(23)21(22(25)26-2)19(13-17)15-8-6-14(7-9-15)16-4-3-5-18(24)12-16/h3-9,12,17,19-21,24H,10-11,13H2,1-2H3/t17-,19-,20-,21+/m1/s1. The van der Waals surface area contributed by atoms with E-state index in [1.165, 1.54) is 12.7 Å². The zero-order chi connectivity index (χ0) is 18.3. The van der Waals surface area contributed by atoms with Gasteiger partial charge in [0.25, 0.3) is 0 Å². The van der Waals surface area contributed by atoms with Gasteiger partial charge in [0.15, 0.2) is 0 Å². The molecule has 2 heterocycles. The monoisotopic (exact) mass is 351 g/mol. The van der Waals surface area contributed by atoms with Crippen LogP contribution in [0.2, 0.25) is 0 Å². The van der Waals surface area contributed by atoms with Gasteiger partial charge in [-0.1, -0.05) is 36.4 Å². The molecule has 0 aliphatic carbocycles. The average molecular weight is 351 g/mol.